The first-order chi connectivity index (χ1) is 6.72. The van der Waals surface area contributed by atoms with Gasteiger partial charge in [-0.05, 0) is 6.92 Å². The minimum atomic E-state index is -0.477. The van der Waals surface area contributed by atoms with Crippen molar-refractivity contribution in [3.63, 3.8) is 0 Å². The maximum atomic E-state index is 11.0. The van der Waals surface area contributed by atoms with Gasteiger partial charge in [0.05, 0.1) is 12.3 Å². The molecule has 0 unspecified atom stereocenters. The second kappa shape index (κ2) is 5.20. The van der Waals surface area contributed by atoms with Gasteiger partial charge >= 0.3 is 6.03 Å². The van der Waals surface area contributed by atoms with Crippen LogP contribution in [0, 0.1) is 6.92 Å². The molecule has 0 radical (unpaired) electrons. The second-order valence-corrected chi connectivity index (χ2v) is 2.56. The number of aromatic nitrogens is 1. The number of hydrogen-bond donors (Lipinski definition) is 4. The first-order valence-electron chi connectivity index (χ1n) is 4.06. The Hall–Kier alpha value is -1.60. The third kappa shape index (κ3) is 3.42. The molecule has 0 aliphatic heterocycles. The highest BCUT2D eigenvalue weighted by molar-refractivity contribution is 5.87. The Morgan fingerprint density at radius 3 is 3.07 bits per heavy atom. The maximum absolute atomic E-state index is 11.0. The monoisotopic (exact) mass is 200 g/mol. The molecule has 78 valence electrons. The summed E-state index contributed by atoms with van der Waals surface area (Å²) < 4.78 is 4.74. The lowest BCUT2D eigenvalue weighted by Crippen LogP contribution is -2.41. The lowest BCUT2D eigenvalue weighted by atomic mass is 10.5. The maximum Gasteiger partial charge on any atom is 0.335 e. The number of aliphatic hydroxyl groups is 1. The average Bonchev–Trinajstić information content (AvgIpc) is 2.52. The Labute approximate surface area is 80.4 Å². The zero-order valence-electron chi connectivity index (χ0n) is 7.70. The highest BCUT2D eigenvalue weighted by atomic mass is 16.5. The van der Waals surface area contributed by atoms with Gasteiger partial charge in [0.1, 0.15) is 0 Å². The molecule has 1 aromatic heterocycles. The smallest absolute Gasteiger partial charge is 0.335 e. The first-order valence-corrected chi connectivity index (χ1v) is 4.06. The lowest BCUT2D eigenvalue weighted by molar-refractivity contribution is 0.242. The molecule has 0 fully saturated rings. The van der Waals surface area contributed by atoms with Gasteiger partial charge in [0, 0.05) is 12.6 Å². The molecule has 1 rings (SSSR count). The molecular weight excluding hydrogens is 188 g/mol. The summed E-state index contributed by atoms with van der Waals surface area (Å²) in [6.45, 7) is 1.97. The fourth-order valence-electron chi connectivity index (χ4n) is 0.764. The Kier molecular flexibility index (Phi) is 3.89. The molecule has 0 saturated heterocycles. The molecule has 1 aromatic rings. The summed E-state index contributed by atoms with van der Waals surface area (Å²) >= 11 is 0. The first kappa shape index (κ1) is 10.5. The van der Waals surface area contributed by atoms with Crippen molar-refractivity contribution in [1.29, 1.82) is 0 Å². The number of carbonyl (C=O) groups excluding carboxylic acids is 1. The van der Waals surface area contributed by atoms with Crippen molar-refractivity contribution in [3.8, 4) is 0 Å². The van der Waals surface area contributed by atoms with Crippen LogP contribution in [0.2, 0.25) is 0 Å². The van der Waals surface area contributed by atoms with Crippen molar-refractivity contribution >= 4 is 11.9 Å². The number of urea groups is 1. The van der Waals surface area contributed by atoms with Crippen molar-refractivity contribution in [2.24, 2.45) is 0 Å². The van der Waals surface area contributed by atoms with E-state index in [1.807, 2.05) is 0 Å². The second-order valence-electron chi connectivity index (χ2n) is 2.56. The fourth-order valence-corrected chi connectivity index (χ4v) is 0.764. The van der Waals surface area contributed by atoms with E-state index in [4.69, 9.17) is 9.63 Å². The van der Waals surface area contributed by atoms with Crippen molar-refractivity contribution in [1.82, 2.24) is 16.0 Å². The Balaban J connectivity index is 2.27. The summed E-state index contributed by atoms with van der Waals surface area (Å²) in [5.74, 6) is 0.269. The number of amides is 2. The van der Waals surface area contributed by atoms with Crippen LogP contribution in [0.15, 0.2) is 10.6 Å². The minimum Gasteiger partial charge on any atom is -0.395 e. The molecule has 14 heavy (non-hydrogen) atoms. The van der Waals surface area contributed by atoms with Crippen molar-refractivity contribution < 1.29 is 14.4 Å². The van der Waals surface area contributed by atoms with E-state index >= 15 is 0 Å². The number of nitrogens with zero attached hydrogens (tertiary/aromatic N) is 1. The number of hydrazine groups is 1. The molecular formula is C7H12N4O3. The van der Waals surface area contributed by atoms with Crippen molar-refractivity contribution in [2.75, 3.05) is 18.5 Å². The topological polar surface area (TPSA) is 99.4 Å². The Morgan fingerprint density at radius 1 is 1.71 bits per heavy atom. The summed E-state index contributed by atoms with van der Waals surface area (Å²) in [5, 5.41) is 14.4. The molecule has 0 aromatic carbocycles. The lowest BCUT2D eigenvalue weighted by Gasteiger charge is -2.04. The predicted molar refractivity (Wildman–Crippen MR) is 48.5 cm³/mol. The zero-order chi connectivity index (χ0) is 10.4. The fraction of sp³-hybridized carbons (Fsp3) is 0.429. The number of hydrogen-bond acceptors (Lipinski definition) is 5. The van der Waals surface area contributed by atoms with E-state index in [2.05, 4.69) is 21.3 Å². The number of anilines is 1. The van der Waals surface area contributed by atoms with E-state index in [1.165, 1.54) is 0 Å². The molecule has 0 aliphatic rings. The quantitative estimate of drug-likeness (QED) is 0.391. The van der Waals surface area contributed by atoms with E-state index in [0.717, 1.165) is 0 Å². The standard InChI is InChI=1S/C7H12N4O3/c1-5-4-6(14-11-5)9-7(13)10-8-2-3-12/h4,8,12H,2-3H2,1H3,(H2,9,10,13). The van der Waals surface area contributed by atoms with E-state index in [0.29, 0.717) is 5.69 Å². The van der Waals surface area contributed by atoms with Crippen LogP contribution >= 0.6 is 0 Å². The molecule has 2 amide bonds. The number of aryl methyl sites for hydroxylation is 1. The molecule has 1 heterocycles. The van der Waals surface area contributed by atoms with Crippen molar-refractivity contribution in [2.45, 2.75) is 6.92 Å². The number of aliphatic hydroxyl groups excluding tert-OH is 1. The highest BCUT2D eigenvalue weighted by Gasteiger charge is 2.04. The molecule has 0 atom stereocenters. The molecule has 0 aliphatic carbocycles. The summed E-state index contributed by atoms with van der Waals surface area (Å²) in [4.78, 5) is 11.0. The van der Waals surface area contributed by atoms with Gasteiger partial charge in [0.15, 0.2) is 0 Å². The summed E-state index contributed by atoms with van der Waals surface area (Å²) in [5.41, 5.74) is 5.47. The SMILES string of the molecule is Cc1cc(NC(=O)NNCCO)on1. The summed E-state index contributed by atoms with van der Waals surface area (Å²) in [6, 6.07) is 1.11. The van der Waals surface area contributed by atoms with Crippen LogP contribution in [0.4, 0.5) is 10.7 Å². The molecule has 0 saturated carbocycles. The Bertz CT molecular complexity index is 299. The number of carbonyl (C=O) groups is 1. The summed E-state index contributed by atoms with van der Waals surface area (Å²) in [6.07, 6.45) is 0. The van der Waals surface area contributed by atoms with E-state index < -0.39 is 6.03 Å². The van der Waals surface area contributed by atoms with E-state index in [9.17, 15) is 4.79 Å². The number of rotatable bonds is 4. The van der Waals surface area contributed by atoms with Crippen LogP contribution in [0.25, 0.3) is 0 Å². The van der Waals surface area contributed by atoms with Crippen LogP contribution in [0.5, 0.6) is 0 Å². The molecule has 0 bridgehead atoms. The average molecular weight is 200 g/mol. The molecule has 0 spiro atoms. The van der Waals surface area contributed by atoms with Gasteiger partial charge in [-0.3, -0.25) is 10.7 Å². The van der Waals surface area contributed by atoms with Gasteiger partial charge < -0.3 is 9.63 Å². The molecule has 4 N–H and O–H groups in total. The highest BCUT2D eigenvalue weighted by Crippen LogP contribution is 2.07. The van der Waals surface area contributed by atoms with Crippen LogP contribution in [-0.2, 0) is 0 Å². The molecule has 7 nitrogen and oxygen atoms in total. The van der Waals surface area contributed by atoms with E-state index in [-0.39, 0.29) is 19.0 Å². The largest absolute Gasteiger partial charge is 0.395 e. The van der Waals surface area contributed by atoms with Crippen molar-refractivity contribution in [3.05, 3.63) is 11.8 Å². The van der Waals surface area contributed by atoms with Crippen LogP contribution < -0.4 is 16.2 Å². The minimum absolute atomic E-state index is 0.0539. The van der Waals surface area contributed by atoms with Gasteiger partial charge in [-0.15, -0.1) is 0 Å². The predicted octanol–water partition coefficient (Wildman–Crippen LogP) is -0.399. The van der Waals surface area contributed by atoms with Crippen LogP contribution in [0.1, 0.15) is 5.69 Å². The third-order valence-corrected chi connectivity index (χ3v) is 1.30. The normalized spacial score (nSPS) is 9.86. The summed E-state index contributed by atoms with van der Waals surface area (Å²) in [7, 11) is 0. The van der Waals surface area contributed by atoms with Gasteiger partial charge in [-0.25, -0.2) is 10.2 Å². The third-order valence-electron chi connectivity index (χ3n) is 1.30. The van der Waals surface area contributed by atoms with Gasteiger partial charge in [-0.1, -0.05) is 5.16 Å². The Morgan fingerprint density at radius 2 is 2.50 bits per heavy atom. The van der Waals surface area contributed by atoms with E-state index in [1.54, 1.807) is 13.0 Å². The van der Waals surface area contributed by atoms with Gasteiger partial charge in [-0.2, -0.15) is 0 Å². The van der Waals surface area contributed by atoms with Gasteiger partial charge in [0.2, 0.25) is 5.88 Å². The van der Waals surface area contributed by atoms with Crippen LogP contribution in [0.3, 0.4) is 0 Å². The molecule has 7 heteroatoms. The van der Waals surface area contributed by atoms with Crippen LogP contribution in [-0.4, -0.2) is 29.4 Å². The van der Waals surface area contributed by atoms with Gasteiger partial charge in [0.25, 0.3) is 0 Å². The zero-order valence-corrected chi connectivity index (χ0v) is 7.70. The number of nitrogens with one attached hydrogen (secondary N) is 3.